The smallest absolute Gasteiger partial charge is 0.119 e. The first-order chi connectivity index (χ1) is 5.43. The van der Waals surface area contributed by atoms with Gasteiger partial charge in [-0.2, -0.15) is 0 Å². The molecule has 1 fully saturated rings. The van der Waals surface area contributed by atoms with Gasteiger partial charge >= 0.3 is 0 Å². The highest BCUT2D eigenvalue weighted by Crippen LogP contribution is 2.27. The van der Waals surface area contributed by atoms with Crippen LogP contribution in [0.25, 0.3) is 0 Å². The average molecular weight is 170 g/mol. The van der Waals surface area contributed by atoms with E-state index in [1.165, 1.54) is 38.5 Å². The number of aldehydes is 1. The Morgan fingerprint density at radius 1 is 1.17 bits per heavy atom. The van der Waals surface area contributed by atoms with Crippen LogP contribution in [-0.4, -0.2) is 6.29 Å². The van der Waals surface area contributed by atoms with Crippen LogP contribution in [0, 0.1) is 5.92 Å². The minimum Gasteiger partial charge on any atom is -0.303 e. The summed E-state index contributed by atoms with van der Waals surface area (Å²) in [6.45, 7) is 0. The molecule has 1 aliphatic carbocycles. The molecule has 0 aromatic heterocycles. The van der Waals surface area contributed by atoms with E-state index in [-0.39, 0.29) is 7.43 Å². The van der Waals surface area contributed by atoms with Gasteiger partial charge in [0.15, 0.2) is 0 Å². The molecule has 0 aromatic carbocycles. The van der Waals surface area contributed by atoms with Gasteiger partial charge in [0.05, 0.1) is 0 Å². The Balaban J connectivity index is 0.00000121. The van der Waals surface area contributed by atoms with Crippen molar-refractivity contribution in [3.63, 3.8) is 0 Å². The molecule has 1 nitrogen and oxygen atoms in total. The fraction of sp³-hybridized carbons (Fsp3) is 0.909. The maximum Gasteiger partial charge on any atom is 0.119 e. The zero-order chi connectivity index (χ0) is 7.94. The van der Waals surface area contributed by atoms with Crippen LogP contribution >= 0.6 is 0 Å². The Kier molecular flexibility index (Phi) is 7.12. The van der Waals surface area contributed by atoms with Crippen molar-refractivity contribution in [2.45, 2.75) is 58.8 Å². The molecule has 0 aliphatic heterocycles. The second-order valence-corrected chi connectivity index (χ2v) is 3.60. The number of hydrogen-bond donors (Lipinski definition) is 0. The molecular formula is C11H22O. The summed E-state index contributed by atoms with van der Waals surface area (Å²) in [4.78, 5) is 10.0. The molecule has 1 rings (SSSR count). The molecule has 0 saturated heterocycles. The van der Waals surface area contributed by atoms with E-state index in [0.29, 0.717) is 0 Å². The van der Waals surface area contributed by atoms with E-state index in [1.807, 2.05) is 0 Å². The summed E-state index contributed by atoms with van der Waals surface area (Å²) in [6, 6.07) is 0. The van der Waals surface area contributed by atoms with Crippen LogP contribution in [0.2, 0.25) is 0 Å². The van der Waals surface area contributed by atoms with E-state index < -0.39 is 0 Å². The summed E-state index contributed by atoms with van der Waals surface area (Å²) in [6.07, 6.45) is 11.3. The molecular weight excluding hydrogens is 148 g/mol. The first-order valence-electron chi connectivity index (χ1n) is 4.87. The van der Waals surface area contributed by atoms with Crippen molar-refractivity contribution in [2.75, 3.05) is 0 Å². The summed E-state index contributed by atoms with van der Waals surface area (Å²) in [5, 5.41) is 0. The van der Waals surface area contributed by atoms with Crippen LogP contribution in [0.5, 0.6) is 0 Å². The lowest BCUT2D eigenvalue weighted by Crippen LogP contribution is -2.05. The van der Waals surface area contributed by atoms with E-state index >= 15 is 0 Å². The molecule has 0 aromatic rings. The molecule has 1 aliphatic rings. The first-order valence-corrected chi connectivity index (χ1v) is 4.87. The third kappa shape index (κ3) is 4.53. The molecule has 0 radical (unpaired) electrons. The second-order valence-electron chi connectivity index (χ2n) is 3.60. The van der Waals surface area contributed by atoms with Crippen LogP contribution < -0.4 is 0 Å². The van der Waals surface area contributed by atoms with Gasteiger partial charge in [0.25, 0.3) is 0 Å². The third-order valence-corrected chi connectivity index (χ3v) is 2.66. The standard InChI is InChI=1S/C10H18O.CH4/c11-9-5-4-8-10-6-2-1-3-7-10;/h9-10H,1-8H2;1H4. The minimum atomic E-state index is 0. The molecule has 0 atom stereocenters. The molecule has 0 spiro atoms. The predicted molar refractivity (Wildman–Crippen MR) is 53.2 cm³/mol. The lowest BCUT2D eigenvalue weighted by atomic mass is 9.86. The monoisotopic (exact) mass is 170 g/mol. The lowest BCUT2D eigenvalue weighted by Gasteiger charge is -2.20. The largest absolute Gasteiger partial charge is 0.303 e. The van der Waals surface area contributed by atoms with Gasteiger partial charge in [-0.25, -0.2) is 0 Å². The van der Waals surface area contributed by atoms with Crippen molar-refractivity contribution in [1.29, 1.82) is 0 Å². The Hall–Kier alpha value is -0.330. The Morgan fingerprint density at radius 3 is 2.42 bits per heavy atom. The van der Waals surface area contributed by atoms with Gasteiger partial charge in [0.1, 0.15) is 6.29 Å². The van der Waals surface area contributed by atoms with Crippen LogP contribution in [0.15, 0.2) is 0 Å². The third-order valence-electron chi connectivity index (χ3n) is 2.66. The molecule has 0 amide bonds. The van der Waals surface area contributed by atoms with E-state index in [2.05, 4.69) is 0 Å². The van der Waals surface area contributed by atoms with Crippen molar-refractivity contribution < 1.29 is 4.79 Å². The van der Waals surface area contributed by atoms with E-state index in [1.54, 1.807) is 0 Å². The summed E-state index contributed by atoms with van der Waals surface area (Å²) in [7, 11) is 0. The van der Waals surface area contributed by atoms with Crippen molar-refractivity contribution >= 4 is 6.29 Å². The Bertz CT molecular complexity index is 104. The minimum absolute atomic E-state index is 0. The van der Waals surface area contributed by atoms with Gasteiger partial charge < -0.3 is 4.79 Å². The molecule has 1 heteroatoms. The van der Waals surface area contributed by atoms with E-state index in [4.69, 9.17) is 0 Å². The topological polar surface area (TPSA) is 17.1 Å². The summed E-state index contributed by atoms with van der Waals surface area (Å²) < 4.78 is 0. The summed E-state index contributed by atoms with van der Waals surface area (Å²) in [5.41, 5.74) is 0. The number of hydrogen-bond acceptors (Lipinski definition) is 1. The maximum atomic E-state index is 10.0. The quantitative estimate of drug-likeness (QED) is 0.465. The molecule has 12 heavy (non-hydrogen) atoms. The fourth-order valence-corrected chi connectivity index (χ4v) is 1.97. The SMILES string of the molecule is C.O=CCCCC1CCCCC1. The molecule has 0 heterocycles. The van der Waals surface area contributed by atoms with E-state index in [0.717, 1.165) is 25.0 Å². The highest BCUT2D eigenvalue weighted by Gasteiger charge is 2.11. The molecule has 0 N–H and O–H groups in total. The zero-order valence-electron chi connectivity index (χ0n) is 7.22. The number of carbonyl (C=O) groups excluding carboxylic acids is 1. The van der Waals surface area contributed by atoms with Crippen molar-refractivity contribution in [2.24, 2.45) is 5.92 Å². The highest BCUT2D eigenvalue weighted by molar-refractivity contribution is 5.48. The number of rotatable bonds is 4. The van der Waals surface area contributed by atoms with Gasteiger partial charge in [-0.1, -0.05) is 46.0 Å². The molecule has 0 unspecified atom stereocenters. The average Bonchev–Trinajstić information content (AvgIpc) is 2.07. The number of unbranched alkanes of at least 4 members (excludes halogenated alkanes) is 1. The second kappa shape index (κ2) is 7.33. The van der Waals surface area contributed by atoms with Gasteiger partial charge in [-0.05, 0) is 12.3 Å². The fourth-order valence-electron chi connectivity index (χ4n) is 1.97. The van der Waals surface area contributed by atoms with Gasteiger partial charge in [0.2, 0.25) is 0 Å². The summed E-state index contributed by atoms with van der Waals surface area (Å²) in [5.74, 6) is 0.948. The molecule has 72 valence electrons. The van der Waals surface area contributed by atoms with Crippen LogP contribution in [0.4, 0.5) is 0 Å². The van der Waals surface area contributed by atoms with Crippen molar-refractivity contribution in [3.05, 3.63) is 0 Å². The van der Waals surface area contributed by atoms with E-state index in [9.17, 15) is 4.79 Å². The Labute approximate surface area is 76.6 Å². The van der Waals surface area contributed by atoms with Crippen LogP contribution in [-0.2, 0) is 4.79 Å². The maximum absolute atomic E-state index is 10.0. The van der Waals surface area contributed by atoms with Crippen LogP contribution in [0.3, 0.4) is 0 Å². The zero-order valence-corrected chi connectivity index (χ0v) is 7.22. The van der Waals surface area contributed by atoms with Crippen molar-refractivity contribution in [3.8, 4) is 0 Å². The Morgan fingerprint density at radius 2 is 1.83 bits per heavy atom. The van der Waals surface area contributed by atoms with Gasteiger partial charge in [-0.3, -0.25) is 0 Å². The predicted octanol–water partition coefficient (Wildman–Crippen LogP) is 3.57. The summed E-state index contributed by atoms with van der Waals surface area (Å²) >= 11 is 0. The normalized spacial score (nSPS) is 18.3. The van der Waals surface area contributed by atoms with Crippen LogP contribution in [0.1, 0.15) is 58.8 Å². The van der Waals surface area contributed by atoms with Crippen molar-refractivity contribution in [1.82, 2.24) is 0 Å². The number of carbonyl (C=O) groups is 1. The first kappa shape index (κ1) is 11.7. The van der Waals surface area contributed by atoms with Gasteiger partial charge in [0, 0.05) is 6.42 Å². The molecule has 0 bridgehead atoms. The lowest BCUT2D eigenvalue weighted by molar-refractivity contribution is -0.108. The molecule has 1 saturated carbocycles. The van der Waals surface area contributed by atoms with Gasteiger partial charge in [-0.15, -0.1) is 0 Å². The highest BCUT2D eigenvalue weighted by atomic mass is 16.1.